The van der Waals surface area contributed by atoms with Crippen molar-refractivity contribution in [3.63, 3.8) is 0 Å². The van der Waals surface area contributed by atoms with E-state index in [2.05, 4.69) is 38.0 Å². The average molecular weight is 287 g/mol. The molecule has 2 heterocycles. The van der Waals surface area contributed by atoms with E-state index in [-0.39, 0.29) is 0 Å². The predicted octanol–water partition coefficient (Wildman–Crippen LogP) is 3.40. The molecule has 1 aromatic rings. The van der Waals surface area contributed by atoms with E-state index in [9.17, 15) is 0 Å². The molecule has 0 atom stereocenters. The molecule has 0 aromatic carbocycles. The smallest absolute Gasteiger partial charge is 0.125 e. The van der Waals surface area contributed by atoms with Gasteiger partial charge in [-0.15, -0.1) is 0 Å². The van der Waals surface area contributed by atoms with Crippen LogP contribution >= 0.6 is 27.7 Å². The molecule has 0 aliphatic carbocycles. The van der Waals surface area contributed by atoms with Gasteiger partial charge in [0.15, 0.2) is 0 Å². The Bertz CT molecular complexity index is 296. The highest BCUT2D eigenvalue weighted by atomic mass is 79.9. The number of pyridine rings is 1. The molecule has 0 radical (unpaired) electrons. The van der Waals surface area contributed by atoms with E-state index in [0.29, 0.717) is 0 Å². The lowest BCUT2D eigenvalue weighted by molar-refractivity contribution is 0.515. The van der Waals surface area contributed by atoms with Gasteiger partial charge in [0.05, 0.1) is 0 Å². The van der Waals surface area contributed by atoms with Gasteiger partial charge in [0.1, 0.15) is 5.82 Å². The first-order valence-electron chi connectivity index (χ1n) is 5.28. The third-order valence-corrected chi connectivity index (χ3v) is 4.16. The highest BCUT2D eigenvalue weighted by Crippen LogP contribution is 2.22. The summed E-state index contributed by atoms with van der Waals surface area (Å²) in [6, 6.07) is 4.04. The van der Waals surface area contributed by atoms with Crippen LogP contribution in [0.1, 0.15) is 12.8 Å². The third-order valence-electron chi connectivity index (χ3n) is 2.64. The largest absolute Gasteiger partial charge is 0.370 e. The van der Waals surface area contributed by atoms with E-state index in [1.807, 2.05) is 18.3 Å². The van der Waals surface area contributed by atoms with Crippen molar-refractivity contribution in [3.05, 3.63) is 22.8 Å². The maximum Gasteiger partial charge on any atom is 0.125 e. The zero-order valence-corrected chi connectivity index (χ0v) is 11.0. The van der Waals surface area contributed by atoms with Crippen LogP contribution < -0.4 is 5.32 Å². The van der Waals surface area contributed by atoms with E-state index in [1.165, 1.54) is 24.3 Å². The van der Waals surface area contributed by atoms with Crippen molar-refractivity contribution in [3.8, 4) is 0 Å². The average Bonchev–Trinajstić information content (AvgIpc) is 2.30. The third kappa shape index (κ3) is 3.68. The van der Waals surface area contributed by atoms with Crippen LogP contribution in [0.2, 0.25) is 0 Å². The van der Waals surface area contributed by atoms with E-state index < -0.39 is 0 Å². The molecule has 1 aliphatic heterocycles. The molecule has 1 saturated heterocycles. The van der Waals surface area contributed by atoms with Gasteiger partial charge in [0.2, 0.25) is 0 Å². The van der Waals surface area contributed by atoms with Gasteiger partial charge in [0, 0.05) is 17.2 Å². The molecule has 2 nitrogen and oxygen atoms in total. The molecule has 1 fully saturated rings. The first-order valence-corrected chi connectivity index (χ1v) is 7.22. The van der Waals surface area contributed by atoms with Crippen LogP contribution in [-0.2, 0) is 0 Å². The fourth-order valence-electron chi connectivity index (χ4n) is 1.68. The summed E-state index contributed by atoms with van der Waals surface area (Å²) in [6.07, 6.45) is 4.52. The first-order chi connectivity index (χ1) is 7.34. The molecule has 1 aliphatic rings. The lowest BCUT2D eigenvalue weighted by atomic mass is 10.0. The molecule has 1 aromatic heterocycles. The monoisotopic (exact) mass is 286 g/mol. The Kier molecular flexibility index (Phi) is 4.32. The maximum absolute atomic E-state index is 4.30. The second-order valence-corrected chi connectivity index (χ2v) is 5.94. The second kappa shape index (κ2) is 5.75. The quantitative estimate of drug-likeness (QED) is 0.922. The fraction of sp³-hybridized carbons (Fsp3) is 0.545. The minimum atomic E-state index is 0.830. The predicted molar refractivity (Wildman–Crippen MR) is 70.5 cm³/mol. The summed E-state index contributed by atoms with van der Waals surface area (Å²) in [5.41, 5.74) is 0. The topological polar surface area (TPSA) is 24.9 Å². The van der Waals surface area contributed by atoms with Gasteiger partial charge in [-0.3, -0.25) is 0 Å². The Labute approximate surface area is 103 Å². The number of hydrogen-bond acceptors (Lipinski definition) is 3. The minimum Gasteiger partial charge on any atom is -0.370 e. The van der Waals surface area contributed by atoms with Crippen LogP contribution in [0, 0.1) is 5.92 Å². The van der Waals surface area contributed by atoms with Gasteiger partial charge >= 0.3 is 0 Å². The van der Waals surface area contributed by atoms with Gasteiger partial charge in [0.25, 0.3) is 0 Å². The summed E-state index contributed by atoms with van der Waals surface area (Å²) in [5.74, 6) is 4.45. The number of hydrogen-bond donors (Lipinski definition) is 1. The van der Waals surface area contributed by atoms with Crippen molar-refractivity contribution in [2.45, 2.75) is 12.8 Å². The molecular formula is C11H15BrN2S. The highest BCUT2D eigenvalue weighted by Gasteiger charge is 2.13. The number of nitrogens with one attached hydrogen (secondary N) is 1. The van der Waals surface area contributed by atoms with Crippen molar-refractivity contribution < 1.29 is 0 Å². The Balaban J connectivity index is 1.79. The molecule has 4 heteroatoms. The molecule has 15 heavy (non-hydrogen) atoms. The standard InChI is InChI=1S/C11H15BrN2S/c12-10-1-2-11(14-8-10)13-7-9-3-5-15-6-4-9/h1-2,8-9H,3-7H2,(H,13,14). The van der Waals surface area contributed by atoms with E-state index in [1.54, 1.807) is 0 Å². The zero-order chi connectivity index (χ0) is 10.5. The summed E-state index contributed by atoms with van der Waals surface area (Å²) in [4.78, 5) is 4.30. The Morgan fingerprint density at radius 2 is 2.20 bits per heavy atom. The molecule has 2 rings (SSSR count). The number of anilines is 1. The van der Waals surface area contributed by atoms with Crippen LogP contribution in [0.15, 0.2) is 22.8 Å². The Morgan fingerprint density at radius 1 is 1.40 bits per heavy atom. The maximum atomic E-state index is 4.30. The summed E-state index contributed by atoms with van der Waals surface area (Å²) >= 11 is 5.45. The fourth-order valence-corrected chi connectivity index (χ4v) is 3.12. The van der Waals surface area contributed by atoms with Gasteiger partial charge in [-0.05, 0) is 58.3 Å². The minimum absolute atomic E-state index is 0.830. The van der Waals surface area contributed by atoms with Crippen molar-refractivity contribution in [1.29, 1.82) is 0 Å². The Hall–Kier alpha value is -0.220. The summed E-state index contributed by atoms with van der Waals surface area (Å²) in [5, 5.41) is 3.40. The highest BCUT2D eigenvalue weighted by molar-refractivity contribution is 9.10. The van der Waals surface area contributed by atoms with Gasteiger partial charge in [-0.25, -0.2) is 4.98 Å². The first kappa shape index (κ1) is 11.3. The van der Waals surface area contributed by atoms with Crippen LogP contribution in [-0.4, -0.2) is 23.0 Å². The molecule has 82 valence electrons. The summed E-state index contributed by atoms with van der Waals surface area (Å²) < 4.78 is 1.03. The molecule has 0 spiro atoms. The number of rotatable bonds is 3. The van der Waals surface area contributed by atoms with Crippen LogP contribution in [0.5, 0.6) is 0 Å². The van der Waals surface area contributed by atoms with Crippen molar-refractivity contribution in [2.24, 2.45) is 5.92 Å². The SMILES string of the molecule is Brc1ccc(NCC2CCSCC2)nc1. The van der Waals surface area contributed by atoms with Crippen LogP contribution in [0.3, 0.4) is 0 Å². The van der Waals surface area contributed by atoms with Gasteiger partial charge in [-0.1, -0.05) is 0 Å². The second-order valence-electron chi connectivity index (χ2n) is 3.80. The number of thioether (sulfide) groups is 1. The van der Waals surface area contributed by atoms with E-state index in [0.717, 1.165) is 22.8 Å². The molecular weight excluding hydrogens is 272 g/mol. The number of aromatic nitrogens is 1. The van der Waals surface area contributed by atoms with E-state index >= 15 is 0 Å². The molecule has 0 unspecified atom stereocenters. The number of halogens is 1. The van der Waals surface area contributed by atoms with Crippen molar-refractivity contribution in [1.82, 2.24) is 4.98 Å². The Morgan fingerprint density at radius 3 is 2.87 bits per heavy atom. The zero-order valence-electron chi connectivity index (χ0n) is 8.58. The van der Waals surface area contributed by atoms with E-state index in [4.69, 9.17) is 0 Å². The molecule has 0 amide bonds. The summed E-state index contributed by atoms with van der Waals surface area (Å²) in [7, 11) is 0. The van der Waals surface area contributed by atoms with Crippen molar-refractivity contribution in [2.75, 3.05) is 23.4 Å². The lowest BCUT2D eigenvalue weighted by Crippen LogP contribution is -2.19. The van der Waals surface area contributed by atoms with Gasteiger partial charge < -0.3 is 5.32 Å². The van der Waals surface area contributed by atoms with Gasteiger partial charge in [-0.2, -0.15) is 11.8 Å². The molecule has 1 N–H and O–H groups in total. The van der Waals surface area contributed by atoms with Crippen molar-refractivity contribution >= 4 is 33.5 Å². The normalized spacial score (nSPS) is 17.7. The van der Waals surface area contributed by atoms with Crippen LogP contribution in [0.4, 0.5) is 5.82 Å². The lowest BCUT2D eigenvalue weighted by Gasteiger charge is -2.21. The molecule has 0 saturated carbocycles. The van der Waals surface area contributed by atoms with Crippen LogP contribution in [0.25, 0.3) is 0 Å². The molecule has 0 bridgehead atoms. The number of nitrogens with zero attached hydrogens (tertiary/aromatic N) is 1. The summed E-state index contributed by atoms with van der Waals surface area (Å²) in [6.45, 7) is 1.06.